The van der Waals surface area contributed by atoms with E-state index in [-0.39, 0.29) is 28.6 Å². The van der Waals surface area contributed by atoms with Crippen molar-refractivity contribution < 1.29 is 14.3 Å². The summed E-state index contributed by atoms with van der Waals surface area (Å²) in [5.74, 6) is 1.53. The van der Waals surface area contributed by atoms with Crippen LogP contribution in [0.25, 0.3) is 0 Å². The van der Waals surface area contributed by atoms with Crippen LogP contribution in [0.2, 0.25) is 0 Å². The van der Waals surface area contributed by atoms with Crippen LogP contribution in [0.5, 0.6) is 0 Å². The highest BCUT2D eigenvalue weighted by molar-refractivity contribution is 5.99. The smallest absolute Gasteiger partial charge is 0.161 e. The topological polar surface area (TPSA) is 43.4 Å². The average Bonchev–Trinajstić information content (AvgIpc) is 3.00. The number of Topliss-reactive ketones (excluding diaryl/α,β-unsaturated/α-hetero) is 2. The van der Waals surface area contributed by atoms with E-state index < -0.39 is 0 Å². The zero-order chi connectivity index (χ0) is 16.6. The van der Waals surface area contributed by atoms with Crippen LogP contribution in [0.1, 0.15) is 59.8 Å². The molecule has 0 radical (unpaired) electrons. The minimum Gasteiger partial charge on any atom is -0.368 e. The molecule has 2 saturated carbocycles. The van der Waals surface area contributed by atoms with Crippen LogP contribution < -0.4 is 0 Å². The number of ether oxygens (including phenoxy) is 1. The molecule has 126 valence electrons. The predicted molar refractivity (Wildman–Crippen MR) is 87.9 cm³/mol. The zero-order valence-electron chi connectivity index (χ0n) is 14.8. The number of hydrogen-bond donors (Lipinski definition) is 0. The molecule has 0 spiro atoms. The van der Waals surface area contributed by atoms with Gasteiger partial charge in [-0.15, -0.1) is 0 Å². The maximum Gasteiger partial charge on any atom is 0.161 e. The standard InChI is InChI=1S/C20H28O3/c1-11(2)13-9-15(22)17-18-16-12(10-23-18)14(21)5-6-19(16,3)7-8-20(13,17)4/h11,13,17-18H,5-10H2,1-4H3. The highest BCUT2D eigenvalue weighted by Crippen LogP contribution is 2.62. The molecule has 23 heavy (non-hydrogen) atoms. The Morgan fingerprint density at radius 1 is 1.13 bits per heavy atom. The molecule has 0 amide bonds. The van der Waals surface area contributed by atoms with E-state index in [1.807, 2.05) is 0 Å². The van der Waals surface area contributed by atoms with Gasteiger partial charge in [0, 0.05) is 18.4 Å². The molecular formula is C20H28O3. The van der Waals surface area contributed by atoms with E-state index in [4.69, 9.17) is 4.74 Å². The van der Waals surface area contributed by atoms with Crippen molar-refractivity contribution in [1.29, 1.82) is 0 Å². The molecule has 3 nitrogen and oxygen atoms in total. The third kappa shape index (κ3) is 1.92. The van der Waals surface area contributed by atoms with Gasteiger partial charge in [0.15, 0.2) is 5.78 Å². The molecule has 0 aromatic heterocycles. The van der Waals surface area contributed by atoms with E-state index in [2.05, 4.69) is 27.7 Å². The highest BCUT2D eigenvalue weighted by Gasteiger charge is 2.62. The van der Waals surface area contributed by atoms with Crippen LogP contribution in [0.3, 0.4) is 0 Å². The largest absolute Gasteiger partial charge is 0.368 e. The third-order valence-electron chi connectivity index (χ3n) is 7.56. The van der Waals surface area contributed by atoms with Crippen LogP contribution in [0.15, 0.2) is 11.1 Å². The molecule has 3 heteroatoms. The average molecular weight is 316 g/mol. The van der Waals surface area contributed by atoms with E-state index in [9.17, 15) is 9.59 Å². The first-order chi connectivity index (χ1) is 10.8. The minimum absolute atomic E-state index is 0.0156. The number of fused-ring (bicyclic) bond motifs is 2. The highest BCUT2D eigenvalue weighted by atomic mass is 16.5. The molecule has 5 atom stereocenters. The molecular weight excluding hydrogens is 288 g/mol. The Morgan fingerprint density at radius 3 is 2.57 bits per heavy atom. The molecule has 4 aliphatic rings. The van der Waals surface area contributed by atoms with Gasteiger partial charge in [0.25, 0.3) is 0 Å². The van der Waals surface area contributed by atoms with Crippen molar-refractivity contribution in [3.63, 3.8) is 0 Å². The van der Waals surface area contributed by atoms with Gasteiger partial charge in [0.05, 0.1) is 18.6 Å². The monoisotopic (exact) mass is 316 g/mol. The number of carbonyl (C=O) groups is 2. The molecule has 4 rings (SSSR count). The number of carbonyl (C=O) groups excluding carboxylic acids is 2. The molecule has 0 aromatic rings. The van der Waals surface area contributed by atoms with Crippen LogP contribution in [0.4, 0.5) is 0 Å². The fourth-order valence-electron chi connectivity index (χ4n) is 6.22. The third-order valence-corrected chi connectivity index (χ3v) is 7.56. The van der Waals surface area contributed by atoms with Gasteiger partial charge in [0.2, 0.25) is 0 Å². The summed E-state index contributed by atoms with van der Waals surface area (Å²) in [7, 11) is 0. The molecule has 0 aromatic carbocycles. The first-order valence-corrected chi connectivity index (χ1v) is 9.19. The first kappa shape index (κ1) is 15.6. The van der Waals surface area contributed by atoms with Gasteiger partial charge in [0.1, 0.15) is 5.78 Å². The Hall–Kier alpha value is -0.960. The molecule has 0 saturated heterocycles. The van der Waals surface area contributed by atoms with Gasteiger partial charge in [-0.2, -0.15) is 0 Å². The van der Waals surface area contributed by atoms with Gasteiger partial charge in [-0.3, -0.25) is 9.59 Å². The quantitative estimate of drug-likeness (QED) is 0.740. The maximum atomic E-state index is 12.9. The fourth-order valence-corrected chi connectivity index (χ4v) is 6.22. The van der Waals surface area contributed by atoms with Crippen LogP contribution in [-0.2, 0) is 14.3 Å². The van der Waals surface area contributed by atoms with Crippen molar-refractivity contribution in [3.05, 3.63) is 11.1 Å². The zero-order valence-corrected chi connectivity index (χ0v) is 14.8. The first-order valence-electron chi connectivity index (χ1n) is 9.19. The summed E-state index contributed by atoms with van der Waals surface area (Å²) in [6.45, 7) is 9.54. The summed E-state index contributed by atoms with van der Waals surface area (Å²) in [5.41, 5.74) is 2.19. The molecule has 0 N–H and O–H groups in total. The van der Waals surface area contributed by atoms with Crippen molar-refractivity contribution in [2.75, 3.05) is 6.61 Å². The summed E-state index contributed by atoms with van der Waals surface area (Å²) in [6.07, 6.45) is 4.28. The maximum absolute atomic E-state index is 12.9. The van der Waals surface area contributed by atoms with Gasteiger partial charge in [-0.1, -0.05) is 27.7 Å². The van der Waals surface area contributed by atoms with Crippen LogP contribution >= 0.6 is 0 Å². The molecule has 5 unspecified atom stereocenters. The van der Waals surface area contributed by atoms with Crippen LogP contribution in [0, 0.1) is 28.6 Å². The van der Waals surface area contributed by atoms with Gasteiger partial charge < -0.3 is 4.74 Å². The Bertz CT molecular complexity index is 616. The molecule has 3 aliphatic carbocycles. The van der Waals surface area contributed by atoms with Gasteiger partial charge >= 0.3 is 0 Å². The fraction of sp³-hybridized carbons (Fsp3) is 0.800. The van der Waals surface area contributed by atoms with Crippen molar-refractivity contribution in [2.24, 2.45) is 28.6 Å². The minimum atomic E-state index is -0.136. The summed E-state index contributed by atoms with van der Waals surface area (Å²) in [4.78, 5) is 25.3. The predicted octanol–water partition coefficient (Wildman–Crippen LogP) is 3.71. The van der Waals surface area contributed by atoms with E-state index in [0.29, 0.717) is 37.1 Å². The second-order valence-corrected chi connectivity index (χ2v) is 9.11. The van der Waals surface area contributed by atoms with E-state index >= 15 is 0 Å². The summed E-state index contributed by atoms with van der Waals surface area (Å²) >= 11 is 0. The van der Waals surface area contributed by atoms with E-state index in [0.717, 1.165) is 24.8 Å². The lowest BCUT2D eigenvalue weighted by atomic mass is 9.66. The summed E-state index contributed by atoms with van der Waals surface area (Å²) in [5, 5.41) is 0. The van der Waals surface area contributed by atoms with E-state index in [1.54, 1.807) is 0 Å². The Labute approximate surface area is 138 Å². The normalized spacial score (nSPS) is 46.2. The Morgan fingerprint density at radius 2 is 1.87 bits per heavy atom. The van der Waals surface area contributed by atoms with Crippen molar-refractivity contribution in [2.45, 2.75) is 65.9 Å². The lowest BCUT2D eigenvalue weighted by Gasteiger charge is -2.38. The van der Waals surface area contributed by atoms with Crippen molar-refractivity contribution in [1.82, 2.24) is 0 Å². The molecule has 2 fully saturated rings. The molecule has 1 heterocycles. The van der Waals surface area contributed by atoms with Crippen molar-refractivity contribution >= 4 is 11.6 Å². The lowest BCUT2D eigenvalue weighted by molar-refractivity contribution is -0.126. The van der Waals surface area contributed by atoms with Gasteiger partial charge in [-0.25, -0.2) is 0 Å². The Kier molecular flexibility index (Phi) is 3.23. The molecule has 0 bridgehead atoms. The van der Waals surface area contributed by atoms with Crippen LogP contribution in [-0.4, -0.2) is 24.3 Å². The van der Waals surface area contributed by atoms with Gasteiger partial charge in [-0.05, 0) is 47.5 Å². The second-order valence-electron chi connectivity index (χ2n) is 9.11. The summed E-state index contributed by atoms with van der Waals surface area (Å²) in [6, 6.07) is 0. The second kappa shape index (κ2) is 4.78. The lowest BCUT2D eigenvalue weighted by Crippen LogP contribution is -2.39. The Balaban J connectivity index is 1.86. The number of ketones is 2. The molecule has 1 aliphatic heterocycles. The number of rotatable bonds is 1. The van der Waals surface area contributed by atoms with Crippen molar-refractivity contribution in [3.8, 4) is 0 Å². The van der Waals surface area contributed by atoms with E-state index in [1.165, 1.54) is 5.57 Å². The SMILES string of the molecule is CC(C)C1CC(=O)C2C3OCC4=C3C(C)(CCC4=O)CCC12C. The number of hydrogen-bond acceptors (Lipinski definition) is 3. The summed E-state index contributed by atoms with van der Waals surface area (Å²) < 4.78 is 6.15.